The van der Waals surface area contributed by atoms with Crippen molar-refractivity contribution in [2.75, 3.05) is 18.5 Å². The van der Waals surface area contributed by atoms with Crippen molar-refractivity contribution in [3.8, 4) is 0 Å². The van der Waals surface area contributed by atoms with Crippen LogP contribution < -0.4 is 5.32 Å². The quantitative estimate of drug-likeness (QED) is 0.874. The molecule has 1 aromatic carbocycles. The summed E-state index contributed by atoms with van der Waals surface area (Å²) in [6.07, 6.45) is 8.02. The number of unbranched alkanes of at least 4 members (excludes halogenated alkanes) is 1. The van der Waals surface area contributed by atoms with E-state index < -0.39 is 0 Å². The summed E-state index contributed by atoms with van der Waals surface area (Å²) in [4.78, 5) is 0. The van der Waals surface area contributed by atoms with E-state index >= 15 is 0 Å². The van der Waals surface area contributed by atoms with E-state index in [0.717, 1.165) is 38.9 Å². The van der Waals surface area contributed by atoms with E-state index in [4.69, 9.17) is 9.47 Å². The predicted molar refractivity (Wildman–Crippen MR) is 85.4 cm³/mol. The van der Waals surface area contributed by atoms with Crippen LogP contribution in [0.15, 0.2) is 30.3 Å². The minimum atomic E-state index is -0.270. The molecule has 0 unspecified atom stereocenters. The Morgan fingerprint density at radius 2 is 1.67 bits per heavy atom. The SMILES string of the molecule is CCCCC1(Nc2ccccc2)CCC2(CC1)OCCO2. The molecule has 0 aromatic heterocycles. The molecule has 0 atom stereocenters. The minimum absolute atomic E-state index is 0.206. The molecule has 1 N–H and O–H groups in total. The van der Waals surface area contributed by atoms with Crippen LogP contribution in [0.2, 0.25) is 0 Å². The van der Waals surface area contributed by atoms with Crippen molar-refractivity contribution < 1.29 is 9.47 Å². The van der Waals surface area contributed by atoms with E-state index in [1.165, 1.54) is 24.9 Å². The summed E-state index contributed by atoms with van der Waals surface area (Å²) in [7, 11) is 0. The van der Waals surface area contributed by atoms with Gasteiger partial charge in [-0.3, -0.25) is 0 Å². The van der Waals surface area contributed by atoms with E-state index in [1.807, 2.05) is 0 Å². The van der Waals surface area contributed by atoms with Crippen molar-refractivity contribution in [1.29, 1.82) is 0 Å². The zero-order valence-corrected chi connectivity index (χ0v) is 13.1. The number of hydrogen-bond acceptors (Lipinski definition) is 3. The molecule has 116 valence electrons. The molecule has 1 aliphatic heterocycles. The molecule has 1 heterocycles. The second-order valence-electron chi connectivity index (χ2n) is 6.48. The highest BCUT2D eigenvalue weighted by Gasteiger charge is 2.45. The number of anilines is 1. The zero-order chi connectivity index (χ0) is 14.6. The van der Waals surface area contributed by atoms with Gasteiger partial charge in [0.05, 0.1) is 13.2 Å². The van der Waals surface area contributed by atoms with Gasteiger partial charge < -0.3 is 14.8 Å². The molecular formula is C18H27NO2. The number of benzene rings is 1. The lowest BCUT2D eigenvalue weighted by Crippen LogP contribution is -2.48. The maximum Gasteiger partial charge on any atom is 0.168 e. The van der Waals surface area contributed by atoms with Crippen LogP contribution in [0.1, 0.15) is 51.9 Å². The van der Waals surface area contributed by atoms with Gasteiger partial charge in [0, 0.05) is 24.1 Å². The average molecular weight is 289 g/mol. The van der Waals surface area contributed by atoms with Crippen LogP contribution >= 0.6 is 0 Å². The Kier molecular flexibility index (Phi) is 4.51. The summed E-state index contributed by atoms with van der Waals surface area (Å²) in [5.74, 6) is -0.270. The highest BCUT2D eigenvalue weighted by atomic mass is 16.7. The second kappa shape index (κ2) is 6.37. The highest BCUT2D eigenvalue weighted by Crippen LogP contribution is 2.43. The molecule has 0 amide bonds. The van der Waals surface area contributed by atoms with Gasteiger partial charge >= 0.3 is 0 Å². The van der Waals surface area contributed by atoms with Crippen LogP contribution in [0.5, 0.6) is 0 Å². The smallest absolute Gasteiger partial charge is 0.168 e. The van der Waals surface area contributed by atoms with Crippen LogP contribution in [0.25, 0.3) is 0 Å². The van der Waals surface area contributed by atoms with Gasteiger partial charge in [-0.2, -0.15) is 0 Å². The molecule has 0 bridgehead atoms. The van der Waals surface area contributed by atoms with Gasteiger partial charge in [-0.1, -0.05) is 38.0 Å². The van der Waals surface area contributed by atoms with Crippen molar-refractivity contribution in [2.45, 2.75) is 63.2 Å². The summed E-state index contributed by atoms with van der Waals surface area (Å²) >= 11 is 0. The summed E-state index contributed by atoms with van der Waals surface area (Å²) < 4.78 is 11.8. The Bertz CT molecular complexity index is 430. The molecule has 1 saturated heterocycles. The van der Waals surface area contributed by atoms with E-state index in [0.29, 0.717) is 0 Å². The Balaban J connectivity index is 1.69. The molecule has 1 aromatic rings. The molecule has 3 rings (SSSR count). The van der Waals surface area contributed by atoms with Crippen LogP contribution in [0, 0.1) is 0 Å². The third-order valence-corrected chi connectivity index (χ3v) is 4.97. The van der Waals surface area contributed by atoms with E-state index in [-0.39, 0.29) is 11.3 Å². The van der Waals surface area contributed by atoms with Crippen LogP contribution in [0.4, 0.5) is 5.69 Å². The van der Waals surface area contributed by atoms with Crippen LogP contribution in [0.3, 0.4) is 0 Å². The van der Waals surface area contributed by atoms with Crippen LogP contribution in [-0.4, -0.2) is 24.5 Å². The third-order valence-electron chi connectivity index (χ3n) is 4.97. The lowest BCUT2D eigenvalue weighted by molar-refractivity contribution is -0.183. The van der Waals surface area contributed by atoms with Gasteiger partial charge in [0.25, 0.3) is 0 Å². The fraction of sp³-hybridized carbons (Fsp3) is 0.667. The second-order valence-corrected chi connectivity index (χ2v) is 6.48. The molecule has 2 aliphatic rings. The summed E-state index contributed by atoms with van der Waals surface area (Å²) in [6.45, 7) is 3.78. The van der Waals surface area contributed by atoms with E-state index in [9.17, 15) is 0 Å². The standard InChI is InChI=1S/C18H27NO2/c1-2-3-9-17(19-16-7-5-4-6-8-16)10-12-18(13-11-17)20-14-15-21-18/h4-8,19H,2-3,9-15H2,1H3. The fourth-order valence-electron chi connectivity index (χ4n) is 3.68. The van der Waals surface area contributed by atoms with Crippen molar-refractivity contribution in [3.05, 3.63) is 30.3 Å². The normalized spacial score (nSPS) is 23.3. The molecule has 3 nitrogen and oxygen atoms in total. The molecule has 21 heavy (non-hydrogen) atoms. The molecule has 1 spiro atoms. The number of rotatable bonds is 5. The Morgan fingerprint density at radius 1 is 1.00 bits per heavy atom. The maximum absolute atomic E-state index is 5.88. The molecule has 1 aliphatic carbocycles. The Morgan fingerprint density at radius 3 is 2.29 bits per heavy atom. The largest absolute Gasteiger partial charge is 0.380 e. The lowest BCUT2D eigenvalue weighted by atomic mass is 9.75. The minimum Gasteiger partial charge on any atom is -0.380 e. The molecule has 3 heteroatoms. The zero-order valence-electron chi connectivity index (χ0n) is 13.1. The molecule has 1 saturated carbocycles. The highest BCUT2D eigenvalue weighted by molar-refractivity contribution is 5.45. The van der Waals surface area contributed by atoms with Crippen molar-refractivity contribution >= 4 is 5.69 Å². The Hall–Kier alpha value is -1.06. The first-order valence-corrected chi connectivity index (χ1v) is 8.37. The van der Waals surface area contributed by atoms with E-state index in [1.54, 1.807) is 0 Å². The van der Waals surface area contributed by atoms with Crippen molar-refractivity contribution in [2.24, 2.45) is 0 Å². The maximum atomic E-state index is 5.88. The topological polar surface area (TPSA) is 30.5 Å². The third kappa shape index (κ3) is 3.41. The summed E-state index contributed by atoms with van der Waals surface area (Å²) in [6, 6.07) is 10.6. The first-order valence-electron chi connectivity index (χ1n) is 8.37. The summed E-state index contributed by atoms with van der Waals surface area (Å²) in [5.41, 5.74) is 1.44. The number of ether oxygens (including phenoxy) is 2. The van der Waals surface area contributed by atoms with Crippen LogP contribution in [-0.2, 0) is 9.47 Å². The first-order chi connectivity index (χ1) is 10.3. The fourth-order valence-corrected chi connectivity index (χ4v) is 3.68. The molecular weight excluding hydrogens is 262 g/mol. The number of hydrogen-bond donors (Lipinski definition) is 1. The van der Waals surface area contributed by atoms with Gasteiger partial charge in [-0.05, 0) is 31.4 Å². The van der Waals surface area contributed by atoms with Gasteiger partial charge in [-0.15, -0.1) is 0 Å². The molecule has 0 radical (unpaired) electrons. The predicted octanol–water partition coefficient (Wildman–Crippen LogP) is 4.34. The molecule has 2 fully saturated rings. The number of nitrogens with one attached hydrogen (secondary N) is 1. The van der Waals surface area contributed by atoms with E-state index in [2.05, 4.69) is 42.6 Å². The monoisotopic (exact) mass is 289 g/mol. The van der Waals surface area contributed by atoms with Gasteiger partial charge in [0.15, 0.2) is 5.79 Å². The van der Waals surface area contributed by atoms with Gasteiger partial charge in [-0.25, -0.2) is 0 Å². The Labute approximate surface area is 128 Å². The van der Waals surface area contributed by atoms with Gasteiger partial charge in [0.2, 0.25) is 0 Å². The van der Waals surface area contributed by atoms with Crippen molar-refractivity contribution in [3.63, 3.8) is 0 Å². The van der Waals surface area contributed by atoms with Gasteiger partial charge in [0.1, 0.15) is 0 Å². The van der Waals surface area contributed by atoms with Crippen molar-refractivity contribution in [1.82, 2.24) is 0 Å². The number of para-hydroxylation sites is 1. The average Bonchev–Trinajstić information content (AvgIpc) is 2.98. The summed E-state index contributed by atoms with van der Waals surface area (Å²) in [5, 5.41) is 3.82. The lowest BCUT2D eigenvalue weighted by Gasteiger charge is -2.45. The first kappa shape index (κ1) is 14.9.